The third kappa shape index (κ3) is 3.02. The van der Waals surface area contributed by atoms with Gasteiger partial charge in [-0.3, -0.25) is 0 Å². The van der Waals surface area contributed by atoms with Crippen molar-refractivity contribution in [2.24, 2.45) is 0 Å². The molecule has 0 aromatic rings. The van der Waals surface area contributed by atoms with E-state index in [2.05, 4.69) is 11.3 Å². The number of rotatable bonds is 4. The molecule has 14 heavy (non-hydrogen) atoms. The molecule has 84 valence electrons. The highest BCUT2D eigenvalue weighted by Gasteiger charge is 2.64. The lowest BCUT2D eigenvalue weighted by molar-refractivity contribution is -0.341. The van der Waals surface area contributed by atoms with Crippen molar-refractivity contribution in [1.82, 2.24) is 0 Å². The second-order valence-corrected chi connectivity index (χ2v) is 3.65. The maximum Gasteiger partial charge on any atom is 0.459 e. The van der Waals surface area contributed by atoms with Crippen molar-refractivity contribution in [2.75, 3.05) is 0 Å². The summed E-state index contributed by atoms with van der Waals surface area (Å²) in [6, 6.07) is 0. The van der Waals surface area contributed by atoms with Gasteiger partial charge in [0.2, 0.25) is 0 Å². The molecule has 0 saturated carbocycles. The molecular weight excluding hydrogens is 230 g/mol. The van der Waals surface area contributed by atoms with E-state index in [1.54, 1.807) is 0 Å². The Balaban J connectivity index is 4.51. The van der Waals surface area contributed by atoms with Gasteiger partial charge in [-0.15, -0.1) is 6.58 Å². The van der Waals surface area contributed by atoms with Gasteiger partial charge in [-0.2, -0.15) is 22.0 Å². The number of alkyl halides is 6. The fourth-order valence-corrected chi connectivity index (χ4v) is 0.697. The first-order valence-electron chi connectivity index (χ1n) is 3.49. The largest absolute Gasteiger partial charge is 0.459 e. The third-order valence-corrected chi connectivity index (χ3v) is 2.07. The van der Waals surface area contributed by atoms with Crippen LogP contribution >= 0.6 is 0 Å². The van der Waals surface area contributed by atoms with Crippen molar-refractivity contribution in [3.05, 3.63) is 12.7 Å². The number of halogens is 6. The Kier molecular flexibility index (Phi) is 4.19. The van der Waals surface area contributed by atoms with Crippen molar-refractivity contribution >= 4 is 10.2 Å². The zero-order valence-corrected chi connectivity index (χ0v) is 9.12. The Labute approximate surface area is 79.2 Å². The van der Waals surface area contributed by atoms with Crippen LogP contribution in [-0.2, 0) is 4.74 Å². The minimum absolute atomic E-state index is 0.0772. The molecule has 0 aromatic heterocycles. The van der Waals surface area contributed by atoms with Crippen LogP contribution < -0.4 is 0 Å². The summed E-state index contributed by atoms with van der Waals surface area (Å²) in [5.74, 6) is -5.49. The Morgan fingerprint density at radius 1 is 1.21 bits per heavy atom. The van der Waals surface area contributed by atoms with E-state index < -0.39 is 24.2 Å². The number of ether oxygens (including phenoxy) is 1. The second kappa shape index (κ2) is 4.35. The van der Waals surface area contributed by atoms with E-state index in [0.717, 1.165) is 6.08 Å². The smallest absolute Gasteiger partial charge is 0.340 e. The summed E-state index contributed by atoms with van der Waals surface area (Å²) >= 11 is 0. The Hall–Kier alpha value is -0.503. The van der Waals surface area contributed by atoms with Gasteiger partial charge in [0.05, 0.1) is 5.73 Å². The Bertz CT molecular complexity index is 203. The van der Waals surface area contributed by atoms with Crippen LogP contribution in [0.1, 0.15) is 0 Å². The molecule has 0 radical (unpaired) electrons. The summed E-state index contributed by atoms with van der Waals surface area (Å²) in [4.78, 5) is 0. The highest BCUT2D eigenvalue weighted by molar-refractivity contribution is 6.12. The minimum atomic E-state index is -5.95. The van der Waals surface area contributed by atoms with Crippen LogP contribution in [0.2, 0.25) is 0 Å². The molecule has 2 unspecified atom stereocenters. The number of hydrogen-bond donors (Lipinski definition) is 0. The van der Waals surface area contributed by atoms with Gasteiger partial charge in [-0.05, 0) is 0 Å². The maximum atomic E-state index is 12.4. The van der Waals surface area contributed by atoms with E-state index in [-0.39, 0.29) is 10.2 Å². The summed E-state index contributed by atoms with van der Waals surface area (Å²) in [5.41, 5.74) is -1.08. The summed E-state index contributed by atoms with van der Waals surface area (Å²) < 4.78 is 75.2. The van der Waals surface area contributed by atoms with Crippen molar-refractivity contribution in [3.63, 3.8) is 0 Å². The van der Waals surface area contributed by atoms with Gasteiger partial charge >= 0.3 is 12.1 Å². The van der Waals surface area contributed by atoms with Crippen LogP contribution in [0, 0.1) is 0 Å². The molecule has 0 N–H and O–H groups in total. The van der Waals surface area contributed by atoms with E-state index in [9.17, 15) is 26.3 Å². The molecule has 0 aliphatic carbocycles. The van der Waals surface area contributed by atoms with Crippen molar-refractivity contribution < 1.29 is 31.1 Å². The van der Waals surface area contributed by atoms with Crippen LogP contribution in [0.25, 0.3) is 0 Å². The monoisotopic (exact) mass is 238 g/mol. The van der Waals surface area contributed by atoms with Gasteiger partial charge in [-0.1, -0.05) is 6.08 Å². The minimum Gasteiger partial charge on any atom is -0.340 e. The lowest BCUT2D eigenvalue weighted by Crippen LogP contribution is -2.47. The zero-order chi connectivity index (χ0) is 11.6. The van der Waals surface area contributed by atoms with Crippen LogP contribution in [0.3, 0.4) is 0 Å². The fraction of sp³-hybridized carbons (Fsp3) is 0.667. The van der Waals surface area contributed by atoms with Gasteiger partial charge in [0.15, 0.2) is 0 Å². The van der Waals surface area contributed by atoms with Gasteiger partial charge in [-0.25, -0.2) is 4.39 Å². The molecule has 0 amide bonds. The van der Waals surface area contributed by atoms with Crippen molar-refractivity contribution in [1.29, 1.82) is 0 Å². The fourth-order valence-electron chi connectivity index (χ4n) is 0.458. The van der Waals surface area contributed by atoms with Gasteiger partial charge < -0.3 is 4.74 Å². The average Bonchev–Trinajstić information content (AvgIpc) is 2.01. The normalized spacial score (nSPS) is 17.9. The third-order valence-electron chi connectivity index (χ3n) is 1.33. The molecule has 8 heteroatoms. The molecule has 2 atom stereocenters. The topological polar surface area (TPSA) is 9.23 Å². The molecule has 0 bridgehead atoms. The van der Waals surface area contributed by atoms with Crippen LogP contribution in [0.15, 0.2) is 12.7 Å². The Morgan fingerprint density at radius 2 is 1.64 bits per heavy atom. The van der Waals surface area contributed by atoms with Crippen molar-refractivity contribution in [2.45, 2.75) is 24.2 Å². The maximum absolute atomic E-state index is 12.4. The summed E-state index contributed by atoms with van der Waals surface area (Å²) in [5, 5.41) is 0. The van der Waals surface area contributed by atoms with Crippen LogP contribution in [-0.4, -0.2) is 34.4 Å². The van der Waals surface area contributed by atoms with Gasteiger partial charge in [0.25, 0.3) is 6.36 Å². The zero-order valence-electron chi connectivity index (χ0n) is 7.12. The van der Waals surface area contributed by atoms with E-state index >= 15 is 0 Å². The molecule has 0 saturated heterocycles. The summed E-state index contributed by atoms with van der Waals surface area (Å²) in [7, 11) is 0.0772. The first-order valence-corrected chi connectivity index (χ1v) is 4.65. The van der Waals surface area contributed by atoms with Gasteiger partial charge in [0.1, 0.15) is 0 Å². The molecule has 0 fully saturated rings. The molecular formula is C6H8F6OSi. The lowest BCUT2D eigenvalue weighted by Gasteiger charge is -2.24. The highest BCUT2D eigenvalue weighted by Crippen LogP contribution is 2.40. The SMILES string of the molecule is C=CC([SiH3])OC(F)C(F)(F)C(F)(F)F. The molecule has 0 aromatic carbocycles. The van der Waals surface area contributed by atoms with E-state index in [4.69, 9.17) is 0 Å². The first kappa shape index (κ1) is 13.5. The molecule has 0 aliphatic heterocycles. The summed E-state index contributed by atoms with van der Waals surface area (Å²) in [6.07, 6.45) is -8.68. The molecule has 0 rings (SSSR count). The van der Waals surface area contributed by atoms with E-state index in [0.29, 0.717) is 0 Å². The quantitative estimate of drug-likeness (QED) is 0.408. The average molecular weight is 238 g/mol. The Morgan fingerprint density at radius 3 is 1.93 bits per heavy atom. The molecule has 0 spiro atoms. The second-order valence-electron chi connectivity index (χ2n) is 2.51. The molecule has 0 heterocycles. The number of hydrogen-bond acceptors (Lipinski definition) is 1. The predicted octanol–water partition coefficient (Wildman–Crippen LogP) is 1.37. The van der Waals surface area contributed by atoms with Gasteiger partial charge in [0, 0.05) is 10.2 Å². The van der Waals surface area contributed by atoms with Crippen LogP contribution in [0.5, 0.6) is 0 Å². The molecule has 0 aliphatic rings. The van der Waals surface area contributed by atoms with E-state index in [1.807, 2.05) is 0 Å². The standard InChI is InChI=1S/C6H8F6OSi/c1-2-3(14)13-4(7)5(8,9)6(10,11)12/h2-4H,1H2,14H3. The molecule has 1 nitrogen and oxygen atoms in total. The highest BCUT2D eigenvalue weighted by atomic mass is 28.1. The van der Waals surface area contributed by atoms with Crippen LogP contribution in [0.4, 0.5) is 26.3 Å². The first-order chi connectivity index (χ1) is 6.13. The summed E-state index contributed by atoms with van der Waals surface area (Å²) in [6.45, 7) is 3.07. The van der Waals surface area contributed by atoms with Crippen molar-refractivity contribution in [3.8, 4) is 0 Å². The lowest BCUT2D eigenvalue weighted by atomic mass is 10.3. The van der Waals surface area contributed by atoms with E-state index in [1.165, 1.54) is 0 Å². The predicted molar refractivity (Wildman–Crippen MR) is 40.9 cm³/mol.